The molecular formula is C50H53N3O8S. The van der Waals surface area contributed by atoms with Gasteiger partial charge in [0, 0.05) is 31.6 Å². The number of benzene rings is 6. The fourth-order valence-corrected chi connectivity index (χ4v) is 8.80. The van der Waals surface area contributed by atoms with Gasteiger partial charge in [0.25, 0.3) is 0 Å². The Hall–Kier alpha value is -5.70. The molecule has 1 heterocycles. The molecule has 0 radical (unpaired) electrons. The predicted octanol–water partition coefficient (Wildman–Crippen LogP) is 7.28. The van der Waals surface area contributed by atoms with Crippen molar-refractivity contribution in [2.24, 2.45) is 0 Å². The first-order valence-corrected chi connectivity index (χ1v) is 22.2. The lowest BCUT2D eigenvalue weighted by atomic mass is 9.98. The lowest BCUT2D eigenvalue weighted by molar-refractivity contribution is -0.252. The van der Waals surface area contributed by atoms with Gasteiger partial charge in [0.1, 0.15) is 11.8 Å². The molecular weight excluding hydrogens is 803 g/mol. The van der Waals surface area contributed by atoms with E-state index < -0.39 is 34.4 Å². The Balaban J connectivity index is 1.03. The van der Waals surface area contributed by atoms with Crippen LogP contribution in [0.15, 0.2) is 157 Å². The van der Waals surface area contributed by atoms with E-state index >= 15 is 0 Å². The van der Waals surface area contributed by atoms with Crippen LogP contribution in [-0.2, 0) is 43.9 Å². The first kappa shape index (κ1) is 44.4. The SMILES string of the molecule is Cc1ccc(S(=O)(=O)NC(Cc2ccccc2)C(=O)NCc2cccc(-c3ccc(C4OC(CN(C)CC(O)c5cccc(O)c5)CC(c5ccc(CO)cc5)O4)cc3)c2)cc1. The lowest BCUT2D eigenvalue weighted by Crippen LogP contribution is -2.47. The molecule has 0 aliphatic carbocycles. The number of aliphatic hydroxyl groups excluding tert-OH is 2. The van der Waals surface area contributed by atoms with Gasteiger partial charge in [-0.3, -0.25) is 4.79 Å². The maximum atomic E-state index is 13.7. The van der Waals surface area contributed by atoms with Crippen LogP contribution >= 0.6 is 0 Å². The van der Waals surface area contributed by atoms with E-state index in [1.807, 2.05) is 122 Å². The van der Waals surface area contributed by atoms with Gasteiger partial charge in [0.05, 0.1) is 29.8 Å². The van der Waals surface area contributed by atoms with Crippen molar-refractivity contribution in [2.45, 2.75) is 68.5 Å². The summed E-state index contributed by atoms with van der Waals surface area (Å²) in [7, 11) is -2.05. The summed E-state index contributed by atoms with van der Waals surface area (Å²) in [6.07, 6.45) is -1.25. The number of phenolic OH excluding ortho intramolecular Hbond substituents is 1. The molecule has 0 aromatic heterocycles. The highest BCUT2D eigenvalue weighted by atomic mass is 32.2. The van der Waals surface area contributed by atoms with Crippen LogP contribution < -0.4 is 10.0 Å². The minimum Gasteiger partial charge on any atom is -0.508 e. The van der Waals surface area contributed by atoms with Crippen LogP contribution in [0.3, 0.4) is 0 Å². The average molecular weight is 856 g/mol. The molecule has 322 valence electrons. The zero-order valence-corrected chi connectivity index (χ0v) is 35.6. The van der Waals surface area contributed by atoms with Crippen molar-refractivity contribution in [2.75, 3.05) is 20.1 Å². The van der Waals surface area contributed by atoms with Crippen LogP contribution in [0.2, 0.25) is 0 Å². The summed E-state index contributed by atoms with van der Waals surface area (Å²) in [6.45, 7) is 2.88. The number of aryl methyl sites for hydroxylation is 1. The lowest BCUT2D eigenvalue weighted by Gasteiger charge is -2.38. The number of nitrogens with one attached hydrogen (secondary N) is 2. The van der Waals surface area contributed by atoms with E-state index in [0.29, 0.717) is 25.1 Å². The van der Waals surface area contributed by atoms with Crippen LogP contribution in [0.5, 0.6) is 5.75 Å². The number of aliphatic hydroxyl groups is 2. The van der Waals surface area contributed by atoms with Crippen LogP contribution in [0.4, 0.5) is 0 Å². The van der Waals surface area contributed by atoms with Gasteiger partial charge in [0.2, 0.25) is 15.9 Å². The number of phenols is 1. The number of likely N-dealkylation sites (N-methyl/N-ethyl adjacent to an activating group) is 1. The highest BCUT2D eigenvalue weighted by Crippen LogP contribution is 2.39. The molecule has 1 fully saturated rings. The molecule has 1 aliphatic rings. The number of aromatic hydroxyl groups is 1. The van der Waals surface area contributed by atoms with E-state index in [0.717, 1.165) is 44.5 Å². The molecule has 5 unspecified atom stereocenters. The highest BCUT2D eigenvalue weighted by molar-refractivity contribution is 7.89. The average Bonchev–Trinajstić information content (AvgIpc) is 3.28. The molecule has 6 aromatic rings. The standard InChI is InChI=1S/C50H53N3O8S/c1-34-14-24-45(25-15-34)62(58,59)52-46(27-35-8-4-3-5-9-35)49(57)51-30-37-10-6-11-41(26-37)38-20-22-40(23-21-38)50-60-44(29-48(61-50)39-18-16-36(33-54)17-19-39)31-53(2)32-47(56)42-12-7-13-43(55)28-42/h3-26,28,44,46-48,50,52,54-56H,27,29-33H2,1-2H3,(H,51,57). The molecule has 0 saturated carbocycles. The number of sulfonamides is 1. The molecule has 5 N–H and O–H groups in total. The van der Waals surface area contributed by atoms with Crippen LogP contribution in [-0.4, -0.2) is 66.8 Å². The van der Waals surface area contributed by atoms with Crippen molar-refractivity contribution < 1.29 is 38.0 Å². The molecule has 62 heavy (non-hydrogen) atoms. The number of carbonyl (C=O) groups is 1. The number of ether oxygens (including phenoxy) is 2. The number of carbonyl (C=O) groups excluding carboxylic acids is 1. The van der Waals surface area contributed by atoms with E-state index in [-0.39, 0.29) is 42.4 Å². The van der Waals surface area contributed by atoms with Crippen molar-refractivity contribution >= 4 is 15.9 Å². The monoisotopic (exact) mass is 855 g/mol. The molecule has 12 heteroatoms. The molecule has 6 aromatic carbocycles. The molecule has 5 atom stereocenters. The van der Waals surface area contributed by atoms with Gasteiger partial charge >= 0.3 is 0 Å². The van der Waals surface area contributed by atoms with Crippen molar-refractivity contribution in [1.29, 1.82) is 0 Å². The Morgan fingerprint density at radius 1 is 0.774 bits per heavy atom. The second kappa shape index (κ2) is 20.4. The molecule has 1 saturated heterocycles. The molecule has 7 rings (SSSR count). The predicted molar refractivity (Wildman–Crippen MR) is 238 cm³/mol. The van der Waals surface area contributed by atoms with Crippen molar-refractivity contribution in [3.63, 3.8) is 0 Å². The van der Waals surface area contributed by atoms with Gasteiger partial charge in [-0.15, -0.1) is 0 Å². The van der Waals surface area contributed by atoms with Crippen molar-refractivity contribution in [3.05, 3.63) is 191 Å². The summed E-state index contributed by atoms with van der Waals surface area (Å²) in [4.78, 5) is 15.8. The summed E-state index contributed by atoms with van der Waals surface area (Å²) < 4.78 is 42.5. The third-order valence-electron chi connectivity index (χ3n) is 11.0. The first-order chi connectivity index (χ1) is 29.9. The largest absolute Gasteiger partial charge is 0.508 e. The zero-order valence-electron chi connectivity index (χ0n) is 34.8. The Bertz CT molecular complexity index is 2500. The van der Waals surface area contributed by atoms with Gasteiger partial charge in [-0.2, -0.15) is 4.72 Å². The molecule has 11 nitrogen and oxygen atoms in total. The molecule has 1 amide bonds. The van der Waals surface area contributed by atoms with Crippen molar-refractivity contribution in [3.8, 4) is 16.9 Å². The summed E-state index contributed by atoms with van der Waals surface area (Å²) in [5, 5.41) is 33.4. The molecule has 0 bridgehead atoms. The van der Waals surface area contributed by atoms with Crippen molar-refractivity contribution in [1.82, 2.24) is 14.9 Å². The van der Waals surface area contributed by atoms with Gasteiger partial charge in [0.15, 0.2) is 6.29 Å². The first-order valence-electron chi connectivity index (χ1n) is 20.7. The number of hydrogen-bond donors (Lipinski definition) is 5. The number of hydrogen-bond acceptors (Lipinski definition) is 9. The quantitative estimate of drug-likeness (QED) is 0.0637. The normalized spacial score (nSPS) is 17.7. The van der Waals surface area contributed by atoms with Crippen LogP contribution in [0.25, 0.3) is 11.1 Å². The third-order valence-corrected chi connectivity index (χ3v) is 12.5. The molecule has 0 spiro atoms. The van der Waals surface area contributed by atoms with Gasteiger partial charge in [-0.1, -0.05) is 127 Å². The second-order valence-electron chi connectivity index (χ2n) is 15.9. The van der Waals surface area contributed by atoms with E-state index in [1.54, 1.807) is 36.4 Å². The number of rotatable bonds is 17. The molecule has 1 aliphatic heterocycles. The van der Waals surface area contributed by atoms with E-state index in [9.17, 15) is 28.5 Å². The summed E-state index contributed by atoms with van der Waals surface area (Å²) in [5.41, 5.74) is 7.72. The Labute approximate surface area is 363 Å². The third kappa shape index (κ3) is 11.8. The number of amides is 1. The van der Waals surface area contributed by atoms with E-state index in [1.165, 1.54) is 12.1 Å². The highest BCUT2D eigenvalue weighted by Gasteiger charge is 2.33. The summed E-state index contributed by atoms with van der Waals surface area (Å²) in [5.74, 6) is -0.337. The van der Waals surface area contributed by atoms with E-state index in [2.05, 4.69) is 10.0 Å². The maximum Gasteiger partial charge on any atom is 0.241 e. The smallest absolute Gasteiger partial charge is 0.241 e. The minimum atomic E-state index is -3.98. The summed E-state index contributed by atoms with van der Waals surface area (Å²) in [6, 6.07) is 44.9. The fourth-order valence-electron chi connectivity index (χ4n) is 7.60. The zero-order chi connectivity index (χ0) is 43.6. The van der Waals surface area contributed by atoms with Gasteiger partial charge in [-0.25, -0.2) is 8.42 Å². The maximum absolute atomic E-state index is 13.7. The Morgan fingerprint density at radius 3 is 2.18 bits per heavy atom. The minimum absolute atomic E-state index is 0.0511. The summed E-state index contributed by atoms with van der Waals surface area (Å²) >= 11 is 0. The second-order valence-corrected chi connectivity index (χ2v) is 17.6. The van der Waals surface area contributed by atoms with E-state index in [4.69, 9.17) is 9.47 Å². The Morgan fingerprint density at radius 2 is 1.47 bits per heavy atom. The van der Waals surface area contributed by atoms with Gasteiger partial charge in [-0.05, 0) is 89.7 Å². The van der Waals surface area contributed by atoms with Crippen LogP contribution in [0, 0.1) is 6.92 Å². The topological polar surface area (TPSA) is 158 Å². The van der Waals surface area contributed by atoms with Crippen LogP contribution in [0.1, 0.15) is 63.9 Å². The number of nitrogens with zero attached hydrogens (tertiary/aromatic N) is 1. The fraction of sp³-hybridized carbons (Fsp3) is 0.260. The Kier molecular flexibility index (Phi) is 14.6. The van der Waals surface area contributed by atoms with Gasteiger partial charge < -0.3 is 35.0 Å².